The molecule has 0 aliphatic carbocycles. The van der Waals surface area contributed by atoms with Crippen LogP contribution in [0.2, 0.25) is 0 Å². The van der Waals surface area contributed by atoms with E-state index in [1.807, 2.05) is 0 Å². The molecule has 0 fully saturated rings. The first kappa shape index (κ1) is 15.9. The lowest BCUT2D eigenvalue weighted by Crippen LogP contribution is -2.39. The second-order valence-electron chi connectivity index (χ2n) is 5.07. The smallest absolute Gasteiger partial charge is 0.151 e. The number of hydrogen-bond acceptors (Lipinski definition) is 5. The van der Waals surface area contributed by atoms with Crippen LogP contribution in [0.3, 0.4) is 0 Å². The Labute approximate surface area is 101 Å². The molecule has 0 saturated carbocycles. The van der Waals surface area contributed by atoms with Gasteiger partial charge in [0.15, 0.2) is 6.29 Å². The second kappa shape index (κ2) is 7.27. The van der Waals surface area contributed by atoms with Gasteiger partial charge in [0.1, 0.15) is 12.2 Å². The van der Waals surface area contributed by atoms with Gasteiger partial charge >= 0.3 is 0 Å². The highest BCUT2D eigenvalue weighted by atomic mass is 32.2. The lowest BCUT2D eigenvalue weighted by molar-refractivity contribution is -0.124. The number of aliphatic hydroxyl groups is 3. The van der Waals surface area contributed by atoms with Gasteiger partial charge in [0, 0.05) is 5.75 Å². The van der Waals surface area contributed by atoms with E-state index in [9.17, 15) is 15.0 Å². The Kier molecular flexibility index (Phi) is 7.22. The fourth-order valence-corrected chi connectivity index (χ4v) is 2.35. The van der Waals surface area contributed by atoms with E-state index < -0.39 is 18.3 Å². The number of carbonyl (C=O) groups excluding carboxylic acids is 1. The zero-order valence-electron chi connectivity index (χ0n) is 10.1. The zero-order valence-corrected chi connectivity index (χ0v) is 10.9. The molecule has 0 saturated heterocycles. The molecular formula is C11H22O4S. The number of carbonyl (C=O) groups is 1. The van der Waals surface area contributed by atoms with Gasteiger partial charge in [-0.05, 0) is 17.6 Å². The molecule has 0 radical (unpaired) electrons. The average Bonchev–Trinajstić information content (AvgIpc) is 2.20. The molecule has 0 heterocycles. The van der Waals surface area contributed by atoms with Crippen molar-refractivity contribution < 1.29 is 20.1 Å². The molecule has 0 rings (SSSR count). The molecule has 0 unspecified atom stereocenters. The van der Waals surface area contributed by atoms with E-state index >= 15 is 0 Å². The van der Waals surface area contributed by atoms with E-state index in [0.29, 0.717) is 5.75 Å². The van der Waals surface area contributed by atoms with Gasteiger partial charge in [-0.3, -0.25) is 0 Å². The summed E-state index contributed by atoms with van der Waals surface area (Å²) in [5.74, 6) is 1.20. The van der Waals surface area contributed by atoms with Crippen molar-refractivity contribution in [2.24, 2.45) is 5.41 Å². The molecule has 0 aromatic carbocycles. The fourth-order valence-electron chi connectivity index (χ4n) is 0.989. The summed E-state index contributed by atoms with van der Waals surface area (Å²) in [7, 11) is 0. The van der Waals surface area contributed by atoms with Crippen LogP contribution in [0, 0.1) is 5.41 Å². The molecule has 0 aliphatic rings. The maximum Gasteiger partial charge on any atom is 0.151 e. The predicted molar refractivity (Wildman–Crippen MR) is 65.5 cm³/mol. The fraction of sp³-hybridized carbons (Fsp3) is 0.909. The van der Waals surface area contributed by atoms with Crippen LogP contribution in [0.4, 0.5) is 0 Å². The molecule has 0 amide bonds. The Morgan fingerprint density at radius 1 is 1.25 bits per heavy atom. The largest absolute Gasteiger partial charge is 0.389 e. The first-order chi connectivity index (χ1) is 7.28. The van der Waals surface area contributed by atoms with Gasteiger partial charge in [0.25, 0.3) is 0 Å². The molecule has 0 spiro atoms. The summed E-state index contributed by atoms with van der Waals surface area (Å²) in [5.41, 5.74) is 0.249. The van der Waals surface area contributed by atoms with Gasteiger partial charge in [-0.1, -0.05) is 20.8 Å². The van der Waals surface area contributed by atoms with Crippen molar-refractivity contribution in [3.8, 4) is 0 Å². The van der Waals surface area contributed by atoms with Crippen molar-refractivity contribution in [1.29, 1.82) is 0 Å². The maximum atomic E-state index is 10.2. The summed E-state index contributed by atoms with van der Waals surface area (Å²) < 4.78 is 0. The van der Waals surface area contributed by atoms with E-state index in [1.165, 1.54) is 11.8 Å². The third-order valence-corrected chi connectivity index (χ3v) is 3.24. The van der Waals surface area contributed by atoms with Crippen molar-refractivity contribution in [3.63, 3.8) is 0 Å². The first-order valence-electron chi connectivity index (χ1n) is 5.35. The van der Waals surface area contributed by atoms with Gasteiger partial charge in [0.2, 0.25) is 0 Å². The Balaban J connectivity index is 3.73. The van der Waals surface area contributed by atoms with Crippen LogP contribution in [-0.4, -0.2) is 51.4 Å². The summed E-state index contributed by atoms with van der Waals surface area (Å²) in [6, 6.07) is 0. The molecular weight excluding hydrogens is 228 g/mol. The van der Waals surface area contributed by atoms with E-state index in [1.54, 1.807) is 0 Å². The van der Waals surface area contributed by atoms with Crippen molar-refractivity contribution >= 4 is 18.0 Å². The third-order valence-electron chi connectivity index (χ3n) is 2.17. The monoisotopic (exact) mass is 250 g/mol. The maximum absolute atomic E-state index is 10.2. The van der Waals surface area contributed by atoms with Crippen LogP contribution in [0.1, 0.15) is 27.2 Å². The summed E-state index contributed by atoms with van der Waals surface area (Å²) in [6.45, 7) is 6.40. The van der Waals surface area contributed by atoms with E-state index in [2.05, 4.69) is 20.8 Å². The van der Waals surface area contributed by atoms with Gasteiger partial charge in [0.05, 0.1) is 6.10 Å². The number of thioether (sulfide) groups is 1. The van der Waals surface area contributed by atoms with Crippen molar-refractivity contribution in [1.82, 2.24) is 0 Å². The van der Waals surface area contributed by atoms with Crippen LogP contribution in [0.25, 0.3) is 0 Å². The Hall–Kier alpha value is -0.100. The number of rotatable bonds is 7. The minimum atomic E-state index is -1.50. The van der Waals surface area contributed by atoms with E-state index in [0.717, 1.165) is 12.2 Å². The molecule has 3 N–H and O–H groups in total. The minimum absolute atomic E-state index is 0.230. The van der Waals surface area contributed by atoms with Crippen LogP contribution >= 0.6 is 11.8 Å². The van der Waals surface area contributed by atoms with Crippen LogP contribution < -0.4 is 0 Å². The predicted octanol–water partition coefficient (Wildman–Crippen LogP) is 0.437. The number of aliphatic hydroxyl groups excluding tert-OH is 3. The second-order valence-corrected chi connectivity index (χ2v) is 6.22. The quantitative estimate of drug-likeness (QED) is 0.451. The molecule has 0 aromatic heterocycles. The lowest BCUT2D eigenvalue weighted by Gasteiger charge is -2.21. The van der Waals surface area contributed by atoms with Gasteiger partial charge in [-0.2, -0.15) is 11.8 Å². The zero-order chi connectivity index (χ0) is 12.8. The molecule has 3 atom stereocenters. The molecule has 96 valence electrons. The van der Waals surface area contributed by atoms with Crippen molar-refractivity contribution in [2.75, 3.05) is 11.5 Å². The van der Waals surface area contributed by atoms with E-state index in [-0.39, 0.29) is 11.7 Å². The third kappa shape index (κ3) is 7.22. The molecule has 0 bridgehead atoms. The first-order valence-corrected chi connectivity index (χ1v) is 6.50. The van der Waals surface area contributed by atoms with Crippen LogP contribution in [-0.2, 0) is 4.79 Å². The topological polar surface area (TPSA) is 77.8 Å². The summed E-state index contributed by atoms with van der Waals surface area (Å²) >= 11 is 1.51. The summed E-state index contributed by atoms with van der Waals surface area (Å²) in [5, 5.41) is 27.8. The molecule has 0 aromatic rings. The van der Waals surface area contributed by atoms with Crippen LogP contribution in [0.5, 0.6) is 0 Å². The van der Waals surface area contributed by atoms with Crippen molar-refractivity contribution in [2.45, 2.75) is 45.5 Å². The summed E-state index contributed by atoms with van der Waals surface area (Å²) in [6.07, 6.45) is -2.72. The average molecular weight is 250 g/mol. The number of aldehydes is 1. The van der Waals surface area contributed by atoms with Gasteiger partial charge in [-0.25, -0.2) is 0 Å². The SMILES string of the molecule is CC(C)(C)CCSC[C@@H](O)[C@@H](O)[C@@H](O)C=O. The lowest BCUT2D eigenvalue weighted by atomic mass is 9.94. The van der Waals surface area contributed by atoms with Crippen LogP contribution in [0.15, 0.2) is 0 Å². The molecule has 5 heteroatoms. The van der Waals surface area contributed by atoms with E-state index in [4.69, 9.17) is 5.11 Å². The van der Waals surface area contributed by atoms with Gasteiger partial charge in [-0.15, -0.1) is 0 Å². The van der Waals surface area contributed by atoms with Gasteiger partial charge < -0.3 is 20.1 Å². The highest BCUT2D eigenvalue weighted by Gasteiger charge is 2.24. The molecule has 4 nitrogen and oxygen atoms in total. The Morgan fingerprint density at radius 3 is 2.25 bits per heavy atom. The Bertz CT molecular complexity index is 203. The highest BCUT2D eigenvalue weighted by Crippen LogP contribution is 2.21. The standard InChI is InChI=1S/C11H22O4S/c1-11(2,3)4-5-16-7-9(14)10(15)8(13)6-12/h6,8-10,13-15H,4-5,7H2,1-3H3/t8-,9+,10-/m0/s1. The highest BCUT2D eigenvalue weighted by molar-refractivity contribution is 7.99. The van der Waals surface area contributed by atoms with Crippen molar-refractivity contribution in [3.05, 3.63) is 0 Å². The summed E-state index contributed by atoms with van der Waals surface area (Å²) in [4.78, 5) is 10.2. The normalized spacial score (nSPS) is 17.9. The Morgan fingerprint density at radius 2 is 1.81 bits per heavy atom. The number of hydrogen-bond donors (Lipinski definition) is 3. The molecule has 16 heavy (non-hydrogen) atoms. The molecule has 0 aliphatic heterocycles. The minimum Gasteiger partial charge on any atom is -0.389 e.